The normalized spacial score (nSPS) is 12.8. The van der Waals surface area contributed by atoms with Crippen LogP contribution in [-0.2, 0) is 27.2 Å². The molecule has 0 saturated heterocycles. The van der Waals surface area contributed by atoms with Gasteiger partial charge in [-0.25, -0.2) is 4.79 Å². The van der Waals surface area contributed by atoms with E-state index in [1.54, 1.807) is 18.2 Å². The second-order valence-corrected chi connectivity index (χ2v) is 8.24. The first-order valence-electron chi connectivity index (χ1n) is 8.70. The molecule has 1 aliphatic rings. The van der Waals surface area contributed by atoms with Crippen LogP contribution in [0.1, 0.15) is 40.6 Å². The van der Waals surface area contributed by atoms with Gasteiger partial charge < -0.3 is 15.4 Å². The van der Waals surface area contributed by atoms with Gasteiger partial charge in [-0.2, -0.15) is 0 Å². The lowest BCUT2D eigenvalue weighted by Gasteiger charge is -2.13. The number of amides is 2. The van der Waals surface area contributed by atoms with Gasteiger partial charge in [-0.3, -0.25) is 9.59 Å². The van der Waals surface area contributed by atoms with Crippen molar-refractivity contribution in [2.24, 2.45) is 0 Å². The Kier molecular flexibility index (Phi) is 6.59. The number of rotatable bonds is 5. The maximum absolute atomic E-state index is 12.7. The van der Waals surface area contributed by atoms with Gasteiger partial charge in [0.15, 0.2) is 6.61 Å². The number of fused-ring (bicyclic) bond motifs is 1. The Morgan fingerprint density at radius 3 is 2.46 bits per heavy atom. The molecule has 2 N–H and O–H groups in total. The van der Waals surface area contributed by atoms with Crippen molar-refractivity contribution in [3.05, 3.63) is 44.2 Å². The molecule has 0 saturated carbocycles. The third-order valence-electron chi connectivity index (χ3n) is 4.23. The topological polar surface area (TPSA) is 84.5 Å². The standard InChI is InChI=1S/C19H18Cl2N2O4S/c1-10(24)22-18-16(11-5-2-3-8-14(11)28-18)19(26)27-9-15(25)23-17-12(20)6-4-7-13(17)21/h4,6-7H,2-3,5,8-9H2,1H3,(H,22,24)(H,23,25). The van der Waals surface area contributed by atoms with Gasteiger partial charge in [0.05, 0.1) is 21.3 Å². The average Bonchev–Trinajstić information content (AvgIpc) is 3.00. The fraction of sp³-hybridized carbons (Fsp3) is 0.316. The molecule has 3 rings (SSSR count). The fourth-order valence-corrected chi connectivity index (χ4v) is 4.84. The minimum Gasteiger partial charge on any atom is -0.452 e. The second-order valence-electron chi connectivity index (χ2n) is 6.32. The molecular formula is C19H18Cl2N2O4S. The summed E-state index contributed by atoms with van der Waals surface area (Å²) < 4.78 is 5.21. The van der Waals surface area contributed by atoms with Crippen LogP contribution in [-0.4, -0.2) is 24.4 Å². The number of carbonyl (C=O) groups is 3. The molecule has 9 heteroatoms. The number of carbonyl (C=O) groups excluding carboxylic acids is 3. The summed E-state index contributed by atoms with van der Waals surface area (Å²) in [6.07, 6.45) is 3.63. The van der Waals surface area contributed by atoms with Gasteiger partial charge in [-0.15, -0.1) is 11.3 Å². The molecule has 1 aromatic carbocycles. The highest BCUT2D eigenvalue weighted by molar-refractivity contribution is 7.17. The van der Waals surface area contributed by atoms with E-state index in [4.69, 9.17) is 27.9 Å². The van der Waals surface area contributed by atoms with Crippen molar-refractivity contribution in [2.45, 2.75) is 32.6 Å². The third kappa shape index (κ3) is 4.66. The number of nitrogens with one attached hydrogen (secondary N) is 2. The minimum absolute atomic E-state index is 0.263. The smallest absolute Gasteiger partial charge is 0.341 e. The molecule has 6 nitrogen and oxygen atoms in total. The molecule has 2 aromatic rings. The second kappa shape index (κ2) is 8.94. The quantitative estimate of drug-likeness (QED) is 0.660. The van der Waals surface area contributed by atoms with Gasteiger partial charge in [0.25, 0.3) is 5.91 Å². The number of benzene rings is 1. The molecule has 0 spiro atoms. The fourth-order valence-electron chi connectivity index (χ4n) is 3.03. The Labute approximate surface area is 176 Å². The van der Waals surface area contributed by atoms with Crippen molar-refractivity contribution in [3.8, 4) is 0 Å². The Hall–Kier alpha value is -2.09. The van der Waals surface area contributed by atoms with Crippen LogP contribution in [0.4, 0.5) is 10.7 Å². The summed E-state index contributed by atoms with van der Waals surface area (Å²) in [5, 5.41) is 6.28. The number of anilines is 2. The molecule has 0 atom stereocenters. The SMILES string of the molecule is CC(=O)Nc1sc2c(c1C(=O)OCC(=O)Nc1c(Cl)cccc1Cl)CCCC2. The Balaban J connectivity index is 1.72. The minimum atomic E-state index is -0.636. The van der Waals surface area contributed by atoms with Crippen molar-refractivity contribution in [2.75, 3.05) is 17.2 Å². The number of esters is 1. The van der Waals surface area contributed by atoms with Crippen LogP contribution in [0.5, 0.6) is 0 Å². The van der Waals surface area contributed by atoms with Crippen molar-refractivity contribution >= 4 is 63.0 Å². The Bertz CT molecular complexity index is 922. The first-order valence-corrected chi connectivity index (χ1v) is 10.3. The van der Waals surface area contributed by atoms with E-state index in [1.807, 2.05) is 0 Å². The average molecular weight is 441 g/mol. The van der Waals surface area contributed by atoms with Crippen LogP contribution in [0.3, 0.4) is 0 Å². The molecular weight excluding hydrogens is 423 g/mol. The molecule has 2 amide bonds. The highest BCUT2D eigenvalue weighted by Gasteiger charge is 2.27. The lowest BCUT2D eigenvalue weighted by molar-refractivity contribution is -0.119. The zero-order valence-electron chi connectivity index (χ0n) is 15.1. The van der Waals surface area contributed by atoms with Crippen molar-refractivity contribution in [1.29, 1.82) is 0 Å². The zero-order valence-corrected chi connectivity index (χ0v) is 17.4. The van der Waals surface area contributed by atoms with E-state index in [0.717, 1.165) is 36.1 Å². The molecule has 1 aromatic heterocycles. The van der Waals surface area contributed by atoms with Crippen LogP contribution in [0.15, 0.2) is 18.2 Å². The summed E-state index contributed by atoms with van der Waals surface area (Å²) in [5.74, 6) is -1.46. The van der Waals surface area contributed by atoms with E-state index >= 15 is 0 Å². The predicted molar refractivity (Wildman–Crippen MR) is 111 cm³/mol. The van der Waals surface area contributed by atoms with Gasteiger partial charge in [0.1, 0.15) is 5.00 Å². The van der Waals surface area contributed by atoms with E-state index < -0.39 is 18.5 Å². The van der Waals surface area contributed by atoms with Gasteiger partial charge in [-0.1, -0.05) is 29.3 Å². The monoisotopic (exact) mass is 440 g/mol. The summed E-state index contributed by atoms with van der Waals surface area (Å²) in [4.78, 5) is 37.4. The van der Waals surface area contributed by atoms with Crippen LogP contribution in [0.2, 0.25) is 10.0 Å². The number of hydrogen-bond donors (Lipinski definition) is 2. The molecule has 1 aliphatic carbocycles. The molecule has 0 unspecified atom stereocenters. The van der Waals surface area contributed by atoms with Crippen molar-refractivity contribution < 1.29 is 19.1 Å². The number of aryl methyl sites for hydroxylation is 1. The summed E-state index contributed by atoms with van der Waals surface area (Å²) in [7, 11) is 0. The Morgan fingerprint density at radius 2 is 1.79 bits per heavy atom. The summed E-state index contributed by atoms with van der Waals surface area (Å²) >= 11 is 13.4. The van der Waals surface area contributed by atoms with Crippen LogP contribution < -0.4 is 10.6 Å². The maximum atomic E-state index is 12.7. The number of thiophene rings is 1. The molecule has 0 bridgehead atoms. The van der Waals surface area contributed by atoms with E-state index in [9.17, 15) is 14.4 Å². The summed E-state index contributed by atoms with van der Waals surface area (Å²) in [5.41, 5.74) is 1.51. The van der Waals surface area contributed by atoms with E-state index in [0.29, 0.717) is 10.6 Å². The number of ether oxygens (including phenoxy) is 1. The molecule has 148 valence electrons. The molecule has 28 heavy (non-hydrogen) atoms. The van der Waals surface area contributed by atoms with E-state index in [-0.39, 0.29) is 21.6 Å². The molecule has 1 heterocycles. The van der Waals surface area contributed by atoms with Gasteiger partial charge in [0, 0.05) is 11.8 Å². The predicted octanol–water partition coefficient (Wildman–Crippen LogP) is 4.69. The first-order chi connectivity index (χ1) is 13.4. The number of para-hydroxylation sites is 1. The summed E-state index contributed by atoms with van der Waals surface area (Å²) in [6, 6.07) is 4.84. The highest BCUT2D eigenvalue weighted by Crippen LogP contribution is 2.38. The van der Waals surface area contributed by atoms with Crippen molar-refractivity contribution in [1.82, 2.24) is 0 Å². The summed E-state index contributed by atoms with van der Waals surface area (Å²) in [6.45, 7) is 0.888. The van der Waals surface area contributed by atoms with Crippen LogP contribution in [0.25, 0.3) is 0 Å². The van der Waals surface area contributed by atoms with Crippen LogP contribution >= 0.6 is 34.5 Å². The van der Waals surface area contributed by atoms with E-state index in [1.165, 1.54) is 18.3 Å². The van der Waals surface area contributed by atoms with Crippen LogP contribution in [0, 0.1) is 0 Å². The molecule has 0 radical (unpaired) electrons. The number of halogens is 2. The van der Waals surface area contributed by atoms with Gasteiger partial charge >= 0.3 is 5.97 Å². The maximum Gasteiger partial charge on any atom is 0.341 e. The number of hydrogen-bond acceptors (Lipinski definition) is 5. The third-order valence-corrected chi connectivity index (χ3v) is 6.06. The van der Waals surface area contributed by atoms with Crippen molar-refractivity contribution in [3.63, 3.8) is 0 Å². The largest absolute Gasteiger partial charge is 0.452 e. The lowest BCUT2D eigenvalue weighted by atomic mass is 9.95. The van der Waals surface area contributed by atoms with Gasteiger partial charge in [-0.05, 0) is 43.4 Å². The first kappa shape index (κ1) is 20.6. The van der Waals surface area contributed by atoms with Gasteiger partial charge in [0.2, 0.25) is 5.91 Å². The van der Waals surface area contributed by atoms with E-state index in [2.05, 4.69) is 10.6 Å². The zero-order chi connectivity index (χ0) is 20.3. The molecule has 0 aliphatic heterocycles. The highest BCUT2D eigenvalue weighted by atomic mass is 35.5. The molecule has 0 fully saturated rings. The Morgan fingerprint density at radius 1 is 1.11 bits per heavy atom. The lowest BCUT2D eigenvalue weighted by Crippen LogP contribution is -2.22.